The lowest BCUT2D eigenvalue weighted by molar-refractivity contribution is -0.137. The van der Waals surface area contributed by atoms with Gasteiger partial charge in [-0.3, -0.25) is 10.1 Å². The van der Waals surface area contributed by atoms with Gasteiger partial charge in [-0.15, -0.1) is 0 Å². The molecule has 3 aliphatic carbocycles. The zero-order valence-corrected chi connectivity index (χ0v) is 19.9. The highest BCUT2D eigenvalue weighted by atomic mass is 19.4. The van der Waals surface area contributed by atoms with Crippen LogP contribution in [0.3, 0.4) is 0 Å². The highest BCUT2D eigenvalue weighted by molar-refractivity contribution is 5.77. The molecule has 2 N–H and O–H groups in total. The number of carbonyl (C=O) groups is 1. The van der Waals surface area contributed by atoms with Crippen LogP contribution < -0.4 is 0 Å². The van der Waals surface area contributed by atoms with E-state index in [1.54, 1.807) is 0 Å². The van der Waals surface area contributed by atoms with Gasteiger partial charge in [-0.05, 0) is 63.0 Å². The Morgan fingerprint density at radius 1 is 1.06 bits per heavy atom. The predicted octanol–water partition coefficient (Wildman–Crippen LogP) is 3.45. The average Bonchev–Trinajstić information content (AvgIpc) is 3.27. The number of carbonyl (C=O) groups excluding carboxylic acids is 1. The lowest BCUT2D eigenvalue weighted by Crippen LogP contribution is -2.71. The summed E-state index contributed by atoms with van der Waals surface area (Å²) in [5.41, 5.74) is -0.446. The number of rotatable bonds is 4. The summed E-state index contributed by atoms with van der Waals surface area (Å²) in [4.78, 5) is 25.3. The summed E-state index contributed by atoms with van der Waals surface area (Å²) in [5, 5.41) is 17.4. The Morgan fingerprint density at radius 3 is 2.25 bits per heavy atom. The number of hydrogen-bond donors (Lipinski definition) is 2. The second kappa shape index (κ2) is 7.20. The van der Waals surface area contributed by atoms with Crippen LogP contribution in [-0.4, -0.2) is 67.3 Å². The number of aliphatic hydroxyl groups is 1. The molecule has 2 saturated heterocycles. The maximum Gasteiger partial charge on any atom is 0.417 e. The molecule has 8 nitrogen and oxygen atoms in total. The average molecular weight is 503 g/mol. The maximum atomic E-state index is 12.9. The second-order valence-electron chi connectivity index (χ2n) is 12.2. The molecule has 0 unspecified atom stereocenters. The number of aromatic nitrogens is 4. The molecular formula is C25H29F3N6O2. The summed E-state index contributed by atoms with van der Waals surface area (Å²) in [6, 6.07) is 2.71. The monoisotopic (exact) mass is 502 g/mol. The van der Waals surface area contributed by atoms with Gasteiger partial charge in [-0.1, -0.05) is 0 Å². The van der Waals surface area contributed by atoms with E-state index in [4.69, 9.17) is 0 Å². The molecule has 2 amide bonds. The Labute approximate surface area is 206 Å². The van der Waals surface area contributed by atoms with E-state index in [0.717, 1.165) is 82.8 Å². The molecule has 2 aromatic heterocycles. The summed E-state index contributed by atoms with van der Waals surface area (Å²) in [5.74, 6) is 2.12. The topological polar surface area (TPSA) is 98.2 Å². The number of H-pyrrole nitrogens is 1. The molecule has 3 saturated carbocycles. The largest absolute Gasteiger partial charge is 0.417 e. The molecule has 5 fully saturated rings. The fourth-order valence-corrected chi connectivity index (χ4v) is 7.02. The lowest BCUT2D eigenvalue weighted by atomic mass is 9.56. The first-order valence-corrected chi connectivity index (χ1v) is 12.8. The van der Waals surface area contributed by atoms with E-state index in [1.165, 1.54) is 6.07 Å². The molecule has 0 atom stereocenters. The Morgan fingerprint density at radius 2 is 1.69 bits per heavy atom. The van der Waals surface area contributed by atoms with Crippen LogP contribution in [0.15, 0.2) is 18.3 Å². The van der Waals surface area contributed by atoms with Gasteiger partial charge in [-0.2, -0.15) is 18.3 Å². The van der Waals surface area contributed by atoms with Crippen molar-refractivity contribution in [2.75, 3.05) is 26.2 Å². The molecular weight excluding hydrogens is 473 g/mol. The molecule has 11 heteroatoms. The number of pyridine rings is 1. The lowest BCUT2D eigenvalue weighted by Gasteiger charge is -2.63. The van der Waals surface area contributed by atoms with Crippen LogP contribution >= 0.6 is 0 Å². The molecule has 5 aliphatic rings. The van der Waals surface area contributed by atoms with Crippen LogP contribution in [0.4, 0.5) is 18.0 Å². The Balaban J connectivity index is 0.840. The van der Waals surface area contributed by atoms with Crippen LogP contribution in [0, 0.1) is 16.7 Å². The summed E-state index contributed by atoms with van der Waals surface area (Å²) in [6.45, 7) is 3.13. The fraction of sp³-hybridized carbons (Fsp3) is 0.680. The maximum absolute atomic E-state index is 12.9. The molecule has 2 spiro atoms. The quantitative estimate of drug-likeness (QED) is 0.668. The number of likely N-dealkylation sites (tertiary alicyclic amines) is 2. The van der Waals surface area contributed by atoms with E-state index in [0.29, 0.717) is 29.8 Å². The smallest absolute Gasteiger partial charge is 0.382 e. The van der Waals surface area contributed by atoms with Crippen LogP contribution in [0.2, 0.25) is 0 Å². The van der Waals surface area contributed by atoms with E-state index < -0.39 is 17.3 Å². The third kappa shape index (κ3) is 3.61. The van der Waals surface area contributed by atoms with Gasteiger partial charge in [0, 0.05) is 54.8 Å². The van der Waals surface area contributed by atoms with Gasteiger partial charge in [0.2, 0.25) is 0 Å². The number of alkyl halides is 3. The van der Waals surface area contributed by atoms with Crippen molar-refractivity contribution in [2.24, 2.45) is 16.7 Å². The zero-order valence-electron chi connectivity index (χ0n) is 19.9. The number of amides is 2. The summed E-state index contributed by atoms with van der Waals surface area (Å²) in [7, 11) is 0. The van der Waals surface area contributed by atoms with Crippen molar-refractivity contribution in [3.05, 3.63) is 41.2 Å². The second-order valence-corrected chi connectivity index (χ2v) is 12.2. The van der Waals surface area contributed by atoms with Crippen molar-refractivity contribution < 1.29 is 23.1 Å². The van der Waals surface area contributed by atoms with Crippen molar-refractivity contribution >= 4 is 6.03 Å². The van der Waals surface area contributed by atoms with Crippen molar-refractivity contribution in [1.29, 1.82) is 0 Å². The molecule has 4 heterocycles. The van der Waals surface area contributed by atoms with Crippen molar-refractivity contribution in [2.45, 2.75) is 62.6 Å². The van der Waals surface area contributed by atoms with E-state index in [2.05, 4.69) is 20.2 Å². The van der Waals surface area contributed by atoms with E-state index >= 15 is 0 Å². The molecule has 0 aromatic carbocycles. The highest BCUT2D eigenvalue weighted by Gasteiger charge is 2.59. The van der Waals surface area contributed by atoms with Crippen molar-refractivity contribution in [3.8, 4) is 0 Å². The van der Waals surface area contributed by atoms with E-state index in [-0.39, 0.29) is 16.9 Å². The summed E-state index contributed by atoms with van der Waals surface area (Å²) < 4.78 is 38.1. The van der Waals surface area contributed by atoms with Gasteiger partial charge in [0.05, 0.1) is 5.56 Å². The van der Waals surface area contributed by atoms with Gasteiger partial charge in [-0.25, -0.2) is 9.78 Å². The normalized spacial score (nSPS) is 25.8. The van der Waals surface area contributed by atoms with Crippen LogP contribution in [0.5, 0.6) is 0 Å². The number of nitrogens with one attached hydrogen (secondary N) is 1. The van der Waals surface area contributed by atoms with Gasteiger partial charge >= 0.3 is 12.2 Å². The Bertz CT molecular complexity index is 1180. The molecule has 2 aromatic rings. The minimum Gasteiger partial charge on any atom is -0.382 e. The van der Waals surface area contributed by atoms with E-state index in [9.17, 15) is 23.1 Å². The number of halogens is 3. The molecule has 36 heavy (non-hydrogen) atoms. The Kier molecular flexibility index (Phi) is 4.50. The van der Waals surface area contributed by atoms with Gasteiger partial charge in [0.25, 0.3) is 0 Å². The third-order valence-corrected chi connectivity index (χ3v) is 9.13. The highest BCUT2D eigenvalue weighted by Crippen LogP contribution is 2.57. The third-order valence-electron chi connectivity index (χ3n) is 9.13. The minimum atomic E-state index is -4.36. The van der Waals surface area contributed by atoms with Gasteiger partial charge in [0.15, 0.2) is 5.82 Å². The van der Waals surface area contributed by atoms with Crippen LogP contribution in [0.25, 0.3) is 0 Å². The first kappa shape index (κ1) is 22.5. The van der Waals surface area contributed by atoms with E-state index in [1.807, 2.05) is 9.80 Å². The molecule has 0 bridgehead atoms. The SMILES string of the molecule is O=C(N1CC2(CC(Cc3ccc(C(F)(F)F)cn3)C2)C1)N1CC2(CC(c3nc(C4(O)CC4)n[nH]3)C2)C1. The predicted molar refractivity (Wildman–Crippen MR) is 121 cm³/mol. The van der Waals surface area contributed by atoms with Gasteiger partial charge in [0.1, 0.15) is 11.4 Å². The zero-order chi connectivity index (χ0) is 24.9. The standard InChI is InChI=1S/C25H29F3N6O2/c26-25(27,28)17-1-2-18(29-10-17)5-15-6-22(7-15)11-33(12-22)21(35)34-13-23(14-34)8-16(9-23)19-30-20(32-31-19)24(36)3-4-24/h1-2,10,15-16,36H,3-9,11-14H2,(H,30,31,32). The van der Waals surface area contributed by atoms with Crippen molar-refractivity contribution in [3.63, 3.8) is 0 Å². The number of nitrogens with zero attached hydrogens (tertiary/aromatic N) is 5. The van der Waals surface area contributed by atoms with Crippen molar-refractivity contribution in [1.82, 2.24) is 30.0 Å². The van der Waals surface area contributed by atoms with Gasteiger partial charge < -0.3 is 14.9 Å². The van der Waals surface area contributed by atoms with Crippen LogP contribution in [-0.2, 0) is 18.2 Å². The fourth-order valence-electron chi connectivity index (χ4n) is 7.02. The first-order chi connectivity index (χ1) is 17.0. The molecule has 2 aliphatic heterocycles. The van der Waals surface area contributed by atoms with Crippen LogP contribution in [0.1, 0.15) is 67.3 Å². The molecule has 0 radical (unpaired) electrons. The molecule has 7 rings (SSSR count). The Hall–Kier alpha value is -2.69. The first-order valence-electron chi connectivity index (χ1n) is 12.8. The minimum absolute atomic E-state index is 0.125. The number of aromatic amines is 1. The summed E-state index contributed by atoms with van der Waals surface area (Å²) in [6.07, 6.45) is 2.69. The summed E-state index contributed by atoms with van der Waals surface area (Å²) >= 11 is 0. The number of urea groups is 1. The molecule has 192 valence electrons. The number of hydrogen-bond acceptors (Lipinski definition) is 5.